The summed E-state index contributed by atoms with van der Waals surface area (Å²) in [7, 11) is -0.556. The molecular formula is C19H21Cl2N3O3S2. The lowest BCUT2D eigenvalue weighted by atomic mass is 10.0. The minimum Gasteiger partial charge on any atom is -0.345 e. The van der Waals surface area contributed by atoms with Gasteiger partial charge >= 0.3 is 0 Å². The molecule has 0 aliphatic rings. The number of nitrogens with zero attached hydrogens (tertiary/aromatic N) is 2. The number of carbonyl (C=O) groups excluding carboxylic acids is 1. The average Bonchev–Trinajstić information content (AvgIpc) is 3.17. The maximum absolute atomic E-state index is 13.1. The van der Waals surface area contributed by atoms with Crippen LogP contribution in [0.5, 0.6) is 0 Å². The van der Waals surface area contributed by atoms with E-state index in [0.29, 0.717) is 16.1 Å². The first kappa shape index (κ1) is 25.1. The fourth-order valence-corrected chi connectivity index (χ4v) is 5.09. The van der Waals surface area contributed by atoms with Gasteiger partial charge in [0.25, 0.3) is 5.91 Å². The smallest absolute Gasteiger partial charge is 0.253 e. The van der Waals surface area contributed by atoms with Gasteiger partial charge in [-0.15, -0.1) is 36.2 Å². The summed E-state index contributed by atoms with van der Waals surface area (Å²) in [6.45, 7) is 0.175. The molecule has 1 heterocycles. The van der Waals surface area contributed by atoms with Crippen LogP contribution < -0.4 is 5.73 Å². The first-order valence-corrected chi connectivity index (χ1v) is 10.4. The second-order valence-electron chi connectivity index (χ2n) is 6.09. The lowest BCUT2D eigenvalue weighted by molar-refractivity contribution is 0.0827. The predicted molar refractivity (Wildman–Crippen MR) is 120 cm³/mol. The largest absolute Gasteiger partial charge is 0.345 e. The zero-order chi connectivity index (χ0) is 19.6. The van der Waals surface area contributed by atoms with Crippen LogP contribution in [0.15, 0.2) is 63.8 Å². The number of amides is 1. The molecule has 3 aromatic rings. The number of sulfone groups is 1. The van der Waals surface area contributed by atoms with E-state index >= 15 is 0 Å². The molecule has 1 amide bonds. The Hall–Kier alpha value is -1.97. The van der Waals surface area contributed by atoms with Crippen molar-refractivity contribution in [3.05, 3.63) is 65.3 Å². The lowest BCUT2D eigenvalue weighted by Gasteiger charge is -2.13. The highest BCUT2D eigenvalue weighted by atomic mass is 35.5. The molecule has 0 atom stereocenters. The summed E-state index contributed by atoms with van der Waals surface area (Å²) >= 11 is 1.04. The third-order valence-corrected chi connectivity index (χ3v) is 7.16. The van der Waals surface area contributed by atoms with E-state index in [9.17, 15) is 13.2 Å². The molecule has 0 radical (unpaired) electrons. The van der Waals surface area contributed by atoms with Crippen LogP contribution >= 0.6 is 36.2 Å². The van der Waals surface area contributed by atoms with Gasteiger partial charge in [0.15, 0.2) is 0 Å². The van der Waals surface area contributed by atoms with E-state index in [2.05, 4.69) is 4.98 Å². The molecule has 1 aromatic heterocycles. The number of hydrogen-bond donors (Lipinski definition) is 1. The molecule has 0 saturated carbocycles. The van der Waals surface area contributed by atoms with Gasteiger partial charge in [0.05, 0.1) is 11.1 Å². The van der Waals surface area contributed by atoms with E-state index in [1.54, 1.807) is 26.2 Å². The van der Waals surface area contributed by atoms with Crippen LogP contribution in [0.25, 0.3) is 11.1 Å². The highest BCUT2D eigenvalue weighted by Crippen LogP contribution is 2.31. The standard InChI is InChI=1S/C19H19N3O3S2.2ClH/c1-22(2)19(23)15-8-14(13-6-4-3-5-7-13)9-16(10-15)27(24,25)18-12-21-17(11-20)26-18;;/h3-10,12H,11,20H2,1-2H3;2*1H. The Kier molecular flexibility index (Phi) is 8.80. The van der Waals surface area contributed by atoms with Crippen LogP contribution in [0.4, 0.5) is 0 Å². The summed E-state index contributed by atoms with van der Waals surface area (Å²) in [6.07, 6.45) is 1.31. The predicted octanol–water partition coefficient (Wildman–Crippen LogP) is 3.65. The zero-order valence-electron chi connectivity index (χ0n) is 15.7. The van der Waals surface area contributed by atoms with Gasteiger partial charge in [-0.25, -0.2) is 13.4 Å². The molecule has 3 rings (SSSR count). The Balaban J connectivity index is 0.00000210. The number of aromatic nitrogens is 1. The van der Waals surface area contributed by atoms with Crippen molar-refractivity contribution in [2.24, 2.45) is 5.73 Å². The van der Waals surface area contributed by atoms with Gasteiger partial charge < -0.3 is 10.6 Å². The maximum atomic E-state index is 13.1. The van der Waals surface area contributed by atoms with Gasteiger partial charge in [-0.1, -0.05) is 30.3 Å². The molecule has 0 spiro atoms. The van der Waals surface area contributed by atoms with E-state index in [1.165, 1.54) is 17.2 Å². The van der Waals surface area contributed by atoms with Crippen LogP contribution in [0.3, 0.4) is 0 Å². The van der Waals surface area contributed by atoms with E-state index in [0.717, 1.165) is 16.9 Å². The van der Waals surface area contributed by atoms with Crippen molar-refractivity contribution in [1.82, 2.24) is 9.88 Å². The Morgan fingerprint density at radius 1 is 1.07 bits per heavy atom. The summed E-state index contributed by atoms with van der Waals surface area (Å²) in [5.41, 5.74) is 7.34. The Labute approximate surface area is 186 Å². The molecule has 0 aliphatic carbocycles. The summed E-state index contributed by atoms with van der Waals surface area (Å²) in [5, 5.41) is 0.539. The Morgan fingerprint density at radius 2 is 1.72 bits per heavy atom. The second-order valence-corrected chi connectivity index (χ2v) is 9.38. The number of benzene rings is 2. The van der Waals surface area contributed by atoms with Gasteiger partial charge in [0.1, 0.15) is 9.22 Å². The van der Waals surface area contributed by atoms with Crippen molar-refractivity contribution in [2.45, 2.75) is 15.6 Å². The Bertz CT molecular complexity index is 1090. The van der Waals surface area contributed by atoms with E-state index in [1.807, 2.05) is 30.3 Å². The number of carbonyl (C=O) groups is 1. The van der Waals surface area contributed by atoms with E-state index in [-0.39, 0.29) is 46.4 Å². The van der Waals surface area contributed by atoms with Crippen molar-refractivity contribution >= 4 is 51.9 Å². The zero-order valence-corrected chi connectivity index (χ0v) is 19.0. The highest BCUT2D eigenvalue weighted by molar-refractivity contribution is 7.93. The number of halogens is 2. The first-order valence-electron chi connectivity index (χ1n) is 8.15. The molecule has 156 valence electrons. The normalized spacial score (nSPS) is 10.6. The average molecular weight is 474 g/mol. The monoisotopic (exact) mass is 473 g/mol. The molecule has 0 fully saturated rings. The molecular weight excluding hydrogens is 453 g/mol. The molecule has 2 N–H and O–H groups in total. The molecule has 0 saturated heterocycles. The molecule has 0 aliphatic heterocycles. The van der Waals surface area contributed by atoms with Crippen molar-refractivity contribution in [3.8, 4) is 11.1 Å². The fraction of sp³-hybridized carbons (Fsp3) is 0.158. The number of thiazole rings is 1. The van der Waals surface area contributed by atoms with E-state index < -0.39 is 9.84 Å². The lowest BCUT2D eigenvalue weighted by Crippen LogP contribution is -2.22. The quantitative estimate of drug-likeness (QED) is 0.610. The van der Waals surface area contributed by atoms with Crippen LogP contribution in [-0.4, -0.2) is 38.3 Å². The number of nitrogens with two attached hydrogens (primary N) is 1. The minimum absolute atomic E-state index is 0. The Morgan fingerprint density at radius 3 is 2.28 bits per heavy atom. The van der Waals surface area contributed by atoms with Crippen LogP contribution in [0.2, 0.25) is 0 Å². The summed E-state index contributed by atoms with van der Waals surface area (Å²) in [5.74, 6) is -0.267. The van der Waals surface area contributed by atoms with Gasteiger partial charge in [-0.3, -0.25) is 4.79 Å². The maximum Gasteiger partial charge on any atom is 0.253 e. The molecule has 6 nitrogen and oxygen atoms in total. The van der Waals surface area contributed by atoms with Crippen LogP contribution in [0, 0.1) is 0 Å². The number of hydrogen-bond acceptors (Lipinski definition) is 6. The SMILES string of the molecule is CN(C)C(=O)c1cc(-c2ccccc2)cc(S(=O)(=O)c2cnc(CN)s2)c1.Cl.Cl. The summed E-state index contributed by atoms with van der Waals surface area (Å²) in [6, 6.07) is 14.0. The van der Waals surface area contributed by atoms with Crippen molar-refractivity contribution in [2.75, 3.05) is 14.1 Å². The molecule has 29 heavy (non-hydrogen) atoms. The summed E-state index contributed by atoms with van der Waals surface area (Å²) in [4.78, 5) is 18.0. The summed E-state index contributed by atoms with van der Waals surface area (Å²) < 4.78 is 26.3. The van der Waals surface area contributed by atoms with Crippen LogP contribution in [-0.2, 0) is 16.4 Å². The topological polar surface area (TPSA) is 93.4 Å². The van der Waals surface area contributed by atoms with Gasteiger partial charge in [-0.2, -0.15) is 0 Å². The second kappa shape index (κ2) is 10.2. The van der Waals surface area contributed by atoms with Crippen molar-refractivity contribution in [3.63, 3.8) is 0 Å². The molecule has 0 bridgehead atoms. The molecule has 10 heteroatoms. The molecule has 0 unspecified atom stereocenters. The highest BCUT2D eigenvalue weighted by Gasteiger charge is 2.24. The number of rotatable bonds is 5. The van der Waals surface area contributed by atoms with Crippen LogP contribution in [0.1, 0.15) is 15.4 Å². The first-order chi connectivity index (χ1) is 12.8. The third-order valence-electron chi connectivity index (χ3n) is 3.95. The minimum atomic E-state index is -3.81. The third kappa shape index (κ3) is 5.34. The van der Waals surface area contributed by atoms with Gasteiger partial charge in [-0.05, 0) is 29.3 Å². The van der Waals surface area contributed by atoms with Crippen molar-refractivity contribution in [1.29, 1.82) is 0 Å². The van der Waals surface area contributed by atoms with Gasteiger partial charge in [0.2, 0.25) is 9.84 Å². The molecule has 2 aromatic carbocycles. The van der Waals surface area contributed by atoms with E-state index in [4.69, 9.17) is 5.73 Å². The van der Waals surface area contributed by atoms with Crippen molar-refractivity contribution < 1.29 is 13.2 Å². The fourth-order valence-electron chi connectivity index (χ4n) is 2.56. The van der Waals surface area contributed by atoms with Gasteiger partial charge in [0, 0.05) is 26.2 Å².